The lowest BCUT2D eigenvalue weighted by Crippen LogP contribution is -2.64. The van der Waals surface area contributed by atoms with Crippen LogP contribution < -0.4 is 5.32 Å². The fraction of sp³-hybridized carbons (Fsp3) is 0.912. The van der Waals surface area contributed by atoms with Crippen LogP contribution in [-0.2, 0) is 33.4 Å². The average Bonchev–Trinajstić information content (AvgIpc) is 2.80. The number of unbranched alkanes of at least 4 members (excludes halogenated alkanes) is 5. The second-order valence-corrected chi connectivity index (χ2v) is 15.8. The highest BCUT2D eigenvalue weighted by molar-refractivity contribution is 5.78. The molecule has 0 spiro atoms. The lowest BCUT2D eigenvalue weighted by molar-refractivity contribution is -0.332. The van der Waals surface area contributed by atoms with Gasteiger partial charge in [0.1, 0.15) is 12.2 Å². The molecule has 0 aromatic carbocycles. The Hall–Kier alpha value is -1.71. The van der Waals surface area contributed by atoms with Crippen LogP contribution in [0.3, 0.4) is 0 Å². The third kappa shape index (κ3) is 12.3. The molecule has 0 bridgehead atoms. The highest BCUT2D eigenvalue weighted by Crippen LogP contribution is 2.41. The van der Waals surface area contributed by atoms with E-state index in [9.17, 15) is 14.4 Å². The number of nitrogens with one attached hydrogen (secondary N) is 1. The first kappa shape index (κ1) is 37.5. The maximum atomic E-state index is 12.7. The number of hydrogen-bond donors (Lipinski definition) is 1. The maximum absolute atomic E-state index is 12.7. The summed E-state index contributed by atoms with van der Waals surface area (Å²) in [4.78, 5) is 43.8. The van der Waals surface area contributed by atoms with Crippen LogP contribution in [0.15, 0.2) is 0 Å². The van der Waals surface area contributed by atoms with Gasteiger partial charge in [-0.2, -0.15) is 5.06 Å². The third-order valence-electron chi connectivity index (χ3n) is 8.40. The quantitative estimate of drug-likeness (QED) is 0.122. The number of hydrogen-bond acceptors (Lipinski definition) is 9. The highest BCUT2D eigenvalue weighted by atomic mass is 16.7. The van der Waals surface area contributed by atoms with Gasteiger partial charge in [-0.05, 0) is 89.0 Å². The Bertz CT molecular complexity index is 907. The standard InChI is InChI=1S/C34H62N2O7/c1-12-40-29(39)34(10,11)43-36-32(6,7)23-26(24-33(36,8)9)42-28(38)20-18-16-14-13-15-17-19-27(37)41-25-21-30(2,3)35-31(4,5)22-25/h25-26,35H,12-24H2,1-11H3. The van der Waals surface area contributed by atoms with Crippen molar-refractivity contribution in [1.82, 2.24) is 10.4 Å². The summed E-state index contributed by atoms with van der Waals surface area (Å²) in [5.74, 6) is -0.656. The first-order valence-electron chi connectivity index (χ1n) is 16.5. The van der Waals surface area contributed by atoms with Gasteiger partial charge in [-0.15, -0.1) is 0 Å². The van der Waals surface area contributed by atoms with Crippen molar-refractivity contribution < 1.29 is 33.4 Å². The average molecular weight is 611 g/mol. The summed E-state index contributed by atoms with van der Waals surface area (Å²) in [6, 6.07) is 0. The molecule has 0 saturated carbocycles. The number of hydroxylamine groups is 2. The third-order valence-corrected chi connectivity index (χ3v) is 8.40. The Morgan fingerprint density at radius 1 is 0.698 bits per heavy atom. The van der Waals surface area contributed by atoms with Crippen LogP contribution in [0.2, 0.25) is 0 Å². The molecule has 1 N–H and O–H groups in total. The zero-order chi connectivity index (χ0) is 32.7. The first-order valence-corrected chi connectivity index (χ1v) is 16.5. The highest BCUT2D eigenvalue weighted by Gasteiger charge is 2.51. The van der Waals surface area contributed by atoms with Gasteiger partial charge in [0, 0.05) is 60.7 Å². The summed E-state index contributed by atoms with van der Waals surface area (Å²) in [6.07, 6.45) is 9.17. The van der Waals surface area contributed by atoms with E-state index in [4.69, 9.17) is 19.0 Å². The number of piperidine rings is 2. The Morgan fingerprint density at radius 3 is 1.51 bits per heavy atom. The van der Waals surface area contributed by atoms with Gasteiger partial charge in [0.15, 0.2) is 5.60 Å². The van der Waals surface area contributed by atoms with Crippen molar-refractivity contribution in [3.8, 4) is 0 Å². The smallest absolute Gasteiger partial charge is 0.339 e. The van der Waals surface area contributed by atoms with E-state index >= 15 is 0 Å². The number of carbonyl (C=O) groups excluding carboxylic acids is 3. The molecule has 2 saturated heterocycles. The molecule has 2 rings (SSSR count). The topological polar surface area (TPSA) is 103 Å². The van der Waals surface area contributed by atoms with Gasteiger partial charge in [0.05, 0.1) is 6.61 Å². The summed E-state index contributed by atoms with van der Waals surface area (Å²) >= 11 is 0. The first-order chi connectivity index (χ1) is 19.7. The molecule has 0 unspecified atom stereocenters. The molecule has 250 valence electrons. The molecule has 43 heavy (non-hydrogen) atoms. The molecule has 0 aliphatic carbocycles. The molecule has 0 aromatic heterocycles. The van der Waals surface area contributed by atoms with Crippen LogP contribution >= 0.6 is 0 Å². The second kappa shape index (κ2) is 15.0. The van der Waals surface area contributed by atoms with E-state index in [2.05, 4.69) is 33.0 Å². The normalized spacial score (nSPS) is 22.1. The molecular formula is C34H62N2O7. The lowest BCUT2D eigenvalue weighted by Gasteiger charge is -2.54. The molecule has 0 atom stereocenters. The number of ether oxygens (including phenoxy) is 3. The summed E-state index contributed by atoms with van der Waals surface area (Å²) in [5, 5.41) is 5.51. The predicted octanol–water partition coefficient (Wildman–Crippen LogP) is 6.80. The van der Waals surface area contributed by atoms with Crippen molar-refractivity contribution in [2.45, 2.75) is 193 Å². The number of nitrogens with zero attached hydrogens (tertiary/aromatic N) is 1. The van der Waals surface area contributed by atoms with E-state index < -0.39 is 22.6 Å². The van der Waals surface area contributed by atoms with Crippen molar-refractivity contribution in [3.05, 3.63) is 0 Å². The van der Waals surface area contributed by atoms with Gasteiger partial charge in [-0.3, -0.25) is 14.4 Å². The van der Waals surface area contributed by atoms with E-state index in [1.54, 1.807) is 20.8 Å². The van der Waals surface area contributed by atoms with Gasteiger partial charge < -0.3 is 19.5 Å². The Balaban J connectivity index is 1.64. The molecule has 0 radical (unpaired) electrons. The summed E-state index contributed by atoms with van der Waals surface area (Å²) in [5.41, 5.74) is -2.11. The van der Waals surface area contributed by atoms with E-state index in [0.29, 0.717) is 32.3 Å². The summed E-state index contributed by atoms with van der Waals surface area (Å²) in [6.45, 7) is 22.3. The van der Waals surface area contributed by atoms with Gasteiger partial charge in [0.2, 0.25) is 0 Å². The number of esters is 3. The molecule has 2 aliphatic rings. The monoisotopic (exact) mass is 610 g/mol. The number of carbonyl (C=O) groups is 3. The van der Waals surface area contributed by atoms with Crippen molar-refractivity contribution in [2.24, 2.45) is 0 Å². The van der Waals surface area contributed by atoms with Gasteiger partial charge >= 0.3 is 17.9 Å². The summed E-state index contributed by atoms with van der Waals surface area (Å²) < 4.78 is 16.9. The zero-order valence-electron chi connectivity index (χ0n) is 29.2. The molecule has 0 amide bonds. The van der Waals surface area contributed by atoms with Crippen LogP contribution in [0.25, 0.3) is 0 Å². The van der Waals surface area contributed by atoms with E-state index in [-0.39, 0.29) is 35.2 Å². The Morgan fingerprint density at radius 2 is 1.09 bits per heavy atom. The number of rotatable bonds is 15. The molecule has 2 fully saturated rings. The Labute approximate surface area is 261 Å². The predicted molar refractivity (Wildman–Crippen MR) is 168 cm³/mol. The van der Waals surface area contributed by atoms with Crippen molar-refractivity contribution in [2.75, 3.05) is 6.61 Å². The molecule has 0 aromatic rings. The van der Waals surface area contributed by atoms with Gasteiger partial charge in [0.25, 0.3) is 0 Å². The minimum absolute atomic E-state index is 0.0278. The fourth-order valence-electron chi connectivity index (χ4n) is 7.12. The van der Waals surface area contributed by atoms with Crippen LogP contribution in [0.1, 0.15) is 153 Å². The molecule has 2 aliphatic heterocycles. The molecular weight excluding hydrogens is 548 g/mol. The largest absolute Gasteiger partial charge is 0.464 e. The van der Waals surface area contributed by atoms with E-state index in [1.807, 2.05) is 32.8 Å². The zero-order valence-corrected chi connectivity index (χ0v) is 29.2. The minimum Gasteiger partial charge on any atom is -0.464 e. The van der Waals surface area contributed by atoms with Crippen molar-refractivity contribution in [1.29, 1.82) is 0 Å². The minimum atomic E-state index is -1.13. The molecule has 9 heteroatoms. The maximum Gasteiger partial charge on any atom is 0.339 e. The van der Waals surface area contributed by atoms with Crippen molar-refractivity contribution in [3.63, 3.8) is 0 Å². The lowest BCUT2D eigenvalue weighted by atomic mass is 9.80. The van der Waals surface area contributed by atoms with Crippen molar-refractivity contribution >= 4 is 17.9 Å². The van der Waals surface area contributed by atoms with Crippen LogP contribution in [-0.4, -0.2) is 69.5 Å². The van der Waals surface area contributed by atoms with Gasteiger partial charge in [-0.1, -0.05) is 25.7 Å². The van der Waals surface area contributed by atoms with Crippen LogP contribution in [0.5, 0.6) is 0 Å². The summed E-state index contributed by atoms with van der Waals surface area (Å²) in [7, 11) is 0. The van der Waals surface area contributed by atoms with E-state index in [0.717, 1.165) is 51.4 Å². The second-order valence-electron chi connectivity index (χ2n) is 15.8. The molecule has 9 nitrogen and oxygen atoms in total. The Kier molecular flexibility index (Phi) is 13.1. The SMILES string of the molecule is CCOC(=O)C(C)(C)ON1C(C)(C)CC(OC(=O)CCCCCCCCC(=O)OC2CC(C)(C)NC(C)(C)C2)CC1(C)C. The van der Waals surface area contributed by atoms with Gasteiger partial charge in [-0.25, -0.2) is 4.79 Å². The van der Waals surface area contributed by atoms with Crippen LogP contribution in [0.4, 0.5) is 0 Å². The fourth-order valence-corrected chi connectivity index (χ4v) is 7.12. The van der Waals surface area contributed by atoms with E-state index in [1.165, 1.54) is 0 Å². The van der Waals surface area contributed by atoms with Crippen LogP contribution in [0, 0.1) is 0 Å². The molecule has 2 heterocycles.